The SMILES string of the molecule is Cc1ccc(C(=O)OCC(=O)N(CC#N)c2ccccc2)cc1C. The summed E-state index contributed by atoms with van der Waals surface area (Å²) in [6.45, 7) is 3.33. The van der Waals surface area contributed by atoms with Gasteiger partial charge in [0.25, 0.3) is 5.91 Å². The van der Waals surface area contributed by atoms with Gasteiger partial charge in [0, 0.05) is 5.69 Å². The van der Waals surface area contributed by atoms with E-state index in [2.05, 4.69) is 0 Å². The van der Waals surface area contributed by atoms with Crippen molar-refractivity contribution in [1.29, 1.82) is 5.26 Å². The Labute approximate surface area is 141 Å². The maximum Gasteiger partial charge on any atom is 0.338 e. The molecule has 2 rings (SSSR count). The van der Waals surface area contributed by atoms with Crippen molar-refractivity contribution in [2.75, 3.05) is 18.1 Å². The molecule has 5 nitrogen and oxygen atoms in total. The molecule has 122 valence electrons. The largest absolute Gasteiger partial charge is 0.452 e. The molecule has 0 atom stereocenters. The molecule has 0 bridgehead atoms. The lowest BCUT2D eigenvalue weighted by Crippen LogP contribution is -2.35. The van der Waals surface area contributed by atoms with Gasteiger partial charge in [-0.1, -0.05) is 24.3 Å². The molecule has 0 spiro atoms. The zero-order valence-electron chi connectivity index (χ0n) is 13.7. The second-order valence-electron chi connectivity index (χ2n) is 5.35. The van der Waals surface area contributed by atoms with Crippen LogP contribution in [0.2, 0.25) is 0 Å². The van der Waals surface area contributed by atoms with E-state index in [0.29, 0.717) is 11.3 Å². The maximum atomic E-state index is 12.3. The van der Waals surface area contributed by atoms with Gasteiger partial charge in [-0.3, -0.25) is 9.69 Å². The topological polar surface area (TPSA) is 70.4 Å². The molecule has 0 heterocycles. The Morgan fingerprint density at radius 2 is 1.79 bits per heavy atom. The van der Waals surface area contributed by atoms with Gasteiger partial charge in [0.1, 0.15) is 6.54 Å². The number of hydrogen-bond acceptors (Lipinski definition) is 4. The summed E-state index contributed by atoms with van der Waals surface area (Å²) in [5.41, 5.74) is 3.04. The molecule has 24 heavy (non-hydrogen) atoms. The highest BCUT2D eigenvalue weighted by molar-refractivity contribution is 5.97. The highest BCUT2D eigenvalue weighted by Crippen LogP contribution is 2.14. The fourth-order valence-corrected chi connectivity index (χ4v) is 2.16. The van der Waals surface area contributed by atoms with Crippen LogP contribution in [-0.4, -0.2) is 25.0 Å². The Kier molecular flexibility index (Phi) is 5.69. The van der Waals surface area contributed by atoms with Crippen LogP contribution in [-0.2, 0) is 9.53 Å². The van der Waals surface area contributed by atoms with E-state index in [1.165, 1.54) is 4.90 Å². The van der Waals surface area contributed by atoms with E-state index < -0.39 is 18.5 Å². The molecule has 2 aromatic carbocycles. The molecule has 1 amide bonds. The maximum absolute atomic E-state index is 12.3. The van der Waals surface area contributed by atoms with Crippen molar-refractivity contribution in [2.45, 2.75) is 13.8 Å². The van der Waals surface area contributed by atoms with Crippen molar-refractivity contribution >= 4 is 17.6 Å². The quantitative estimate of drug-likeness (QED) is 0.627. The highest BCUT2D eigenvalue weighted by atomic mass is 16.5. The van der Waals surface area contributed by atoms with Crippen LogP contribution in [0, 0.1) is 25.2 Å². The molecule has 0 radical (unpaired) electrons. The standard InChI is InChI=1S/C19H18N2O3/c1-14-8-9-16(12-15(14)2)19(23)24-13-18(22)21(11-10-20)17-6-4-3-5-7-17/h3-9,12H,11,13H2,1-2H3. The van der Waals surface area contributed by atoms with Gasteiger partial charge in [0.2, 0.25) is 0 Å². The van der Waals surface area contributed by atoms with Gasteiger partial charge in [-0.05, 0) is 49.2 Å². The first-order chi connectivity index (χ1) is 11.5. The summed E-state index contributed by atoms with van der Waals surface area (Å²) in [7, 11) is 0. The minimum absolute atomic E-state index is 0.107. The van der Waals surface area contributed by atoms with E-state index in [1.54, 1.807) is 36.4 Å². The summed E-state index contributed by atoms with van der Waals surface area (Å²) < 4.78 is 5.09. The van der Waals surface area contributed by atoms with Gasteiger partial charge in [-0.25, -0.2) is 4.79 Å². The van der Waals surface area contributed by atoms with Gasteiger partial charge < -0.3 is 4.74 Å². The van der Waals surface area contributed by atoms with E-state index in [1.807, 2.05) is 32.0 Å². The third-order valence-corrected chi connectivity index (χ3v) is 3.67. The van der Waals surface area contributed by atoms with Crippen LogP contribution in [0.3, 0.4) is 0 Å². The van der Waals surface area contributed by atoms with Crippen molar-refractivity contribution in [3.8, 4) is 6.07 Å². The highest BCUT2D eigenvalue weighted by Gasteiger charge is 2.18. The zero-order valence-corrected chi connectivity index (χ0v) is 13.7. The lowest BCUT2D eigenvalue weighted by atomic mass is 10.1. The number of rotatable bonds is 5. The Hall–Kier alpha value is -3.13. The number of anilines is 1. The average Bonchev–Trinajstić information content (AvgIpc) is 2.60. The number of carbonyl (C=O) groups excluding carboxylic acids is 2. The van der Waals surface area contributed by atoms with E-state index >= 15 is 0 Å². The summed E-state index contributed by atoms with van der Waals surface area (Å²) >= 11 is 0. The smallest absolute Gasteiger partial charge is 0.338 e. The number of aryl methyl sites for hydroxylation is 2. The summed E-state index contributed by atoms with van der Waals surface area (Å²) in [6, 6.07) is 16.0. The Morgan fingerprint density at radius 1 is 1.08 bits per heavy atom. The number of carbonyl (C=O) groups is 2. The molecule has 0 saturated heterocycles. The fraction of sp³-hybridized carbons (Fsp3) is 0.211. The minimum Gasteiger partial charge on any atom is -0.452 e. The van der Waals surface area contributed by atoms with Crippen LogP contribution in [0.15, 0.2) is 48.5 Å². The Balaban J connectivity index is 2.04. The lowest BCUT2D eigenvalue weighted by molar-refractivity contribution is -0.121. The number of hydrogen-bond donors (Lipinski definition) is 0. The second-order valence-corrected chi connectivity index (χ2v) is 5.35. The predicted molar refractivity (Wildman–Crippen MR) is 90.6 cm³/mol. The number of para-hydroxylation sites is 1. The van der Waals surface area contributed by atoms with Gasteiger partial charge >= 0.3 is 5.97 Å². The summed E-state index contributed by atoms with van der Waals surface area (Å²) in [6.07, 6.45) is 0. The number of ether oxygens (including phenoxy) is 1. The van der Waals surface area contributed by atoms with E-state index in [-0.39, 0.29) is 6.54 Å². The third-order valence-electron chi connectivity index (χ3n) is 3.67. The van der Waals surface area contributed by atoms with Gasteiger partial charge in [0.05, 0.1) is 11.6 Å². The van der Waals surface area contributed by atoms with Gasteiger partial charge in [-0.15, -0.1) is 0 Å². The first kappa shape index (κ1) is 17.2. The molecule has 0 aliphatic carbocycles. The predicted octanol–water partition coefficient (Wildman–Crippen LogP) is 3.02. The molecular weight excluding hydrogens is 304 g/mol. The zero-order chi connectivity index (χ0) is 17.5. The number of benzene rings is 2. The van der Waals surface area contributed by atoms with Crippen LogP contribution in [0.4, 0.5) is 5.69 Å². The Morgan fingerprint density at radius 3 is 2.42 bits per heavy atom. The third kappa shape index (κ3) is 4.20. The second kappa shape index (κ2) is 7.93. The molecule has 2 aromatic rings. The van der Waals surface area contributed by atoms with Crippen molar-refractivity contribution in [3.05, 3.63) is 65.2 Å². The van der Waals surface area contributed by atoms with Crippen molar-refractivity contribution in [3.63, 3.8) is 0 Å². The Bertz CT molecular complexity index is 779. The first-order valence-electron chi connectivity index (χ1n) is 7.49. The molecule has 0 saturated carbocycles. The minimum atomic E-state index is -0.559. The van der Waals surface area contributed by atoms with E-state index in [9.17, 15) is 9.59 Å². The van der Waals surface area contributed by atoms with Gasteiger partial charge in [0.15, 0.2) is 6.61 Å². The monoisotopic (exact) mass is 322 g/mol. The van der Waals surface area contributed by atoms with Crippen LogP contribution >= 0.6 is 0 Å². The fourth-order valence-electron chi connectivity index (χ4n) is 2.16. The average molecular weight is 322 g/mol. The first-order valence-corrected chi connectivity index (χ1v) is 7.49. The summed E-state index contributed by atoms with van der Waals surface area (Å²) in [5.74, 6) is -1.00. The molecule has 0 aliphatic heterocycles. The molecule has 0 N–H and O–H groups in total. The van der Waals surface area contributed by atoms with Gasteiger partial charge in [-0.2, -0.15) is 5.26 Å². The summed E-state index contributed by atoms with van der Waals surface area (Å²) in [4.78, 5) is 25.6. The number of nitriles is 1. The lowest BCUT2D eigenvalue weighted by Gasteiger charge is -2.19. The van der Waals surface area contributed by atoms with Crippen molar-refractivity contribution < 1.29 is 14.3 Å². The number of amides is 1. The van der Waals surface area contributed by atoms with Crippen LogP contribution in [0.5, 0.6) is 0 Å². The number of nitrogens with zero attached hydrogens (tertiary/aromatic N) is 2. The molecular formula is C19H18N2O3. The van der Waals surface area contributed by atoms with E-state index in [0.717, 1.165) is 11.1 Å². The molecule has 0 fully saturated rings. The van der Waals surface area contributed by atoms with Crippen LogP contribution in [0.1, 0.15) is 21.5 Å². The van der Waals surface area contributed by atoms with Crippen LogP contribution in [0.25, 0.3) is 0 Å². The van der Waals surface area contributed by atoms with Crippen LogP contribution < -0.4 is 4.90 Å². The molecule has 0 aliphatic rings. The van der Waals surface area contributed by atoms with Crippen molar-refractivity contribution in [2.24, 2.45) is 0 Å². The molecule has 5 heteroatoms. The van der Waals surface area contributed by atoms with E-state index in [4.69, 9.17) is 10.00 Å². The molecule has 0 unspecified atom stereocenters. The van der Waals surface area contributed by atoms with Crippen molar-refractivity contribution in [1.82, 2.24) is 0 Å². The normalized spacial score (nSPS) is 9.88. The number of esters is 1. The molecule has 0 aromatic heterocycles. The summed E-state index contributed by atoms with van der Waals surface area (Å²) in [5, 5.41) is 8.91.